The summed E-state index contributed by atoms with van der Waals surface area (Å²) in [5, 5.41) is 6.34. The molecule has 0 aromatic rings. The van der Waals surface area contributed by atoms with Crippen molar-refractivity contribution in [2.75, 3.05) is 46.6 Å². The van der Waals surface area contributed by atoms with Gasteiger partial charge in [-0.15, -0.1) is 6.58 Å². The number of guanidine groups is 1. The Hall–Kier alpha value is -1.07. The van der Waals surface area contributed by atoms with Crippen molar-refractivity contribution < 1.29 is 9.47 Å². The lowest BCUT2D eigenvalue weighted by atomic mass is 10.1. The van der Waals surface area contributed by atoms with Crippen LogP contribution in [0.25, 0.3) is 0 Å². The summed E-state index contributed by atoms with van der Waals surface area (Å²) in [5.74, 6) is 1.40. The lowest BCUT2D eigenvalue weighted by Crippen LogP contribution is -2.38. The molecule has 2 N–H and O–H groups in total. The Morgan fingerprint density at radius 3 is 3.11 bits per heavy atom. The number of hydrogen-bond donors (Lipinski definition) is 2. The van der Waals surface area contributed by atoms with Crippen molar-refractivity contribution >= 4 is 5.96 Å². The maximum Gasteiger partial charge on any atom is 0.191 e. The van der Waals surface area contributed by atoms with Crippen LogP contribution in [-0.4, -0.2) is 52.5 Å². The molecule has 0 saturated carbocycles. The largest absolute Gasteiger partial charge is 0.381 e. The molecular weight excluding hydrogens is 230 g/mol. The Labute approximate surface area is 110 Å². The summed E-state index contributed by atoms with van der Waals surface area (Å²) in [7, 11) is 1.76. The molecule has 0 radical (unpaired) electrons. The van der Waals surface area contributed by atoms with Crippen LogP contribution in [0.5, 0.6) is 0 Å². The molecule has 1 saturated heterocycles. The Balaban J connectivity index is 1.92. The Morgan fingerprint density at radius 2 is 2.44 bits per heavy atom. The zero-order valence-corrected chi connectivity index (χ0v) is 11.3. The summed E-state index contributed by atoms with van der Waals surface area (Å²) in [4.78, 5) is 4.10. The van der Waals surface area contributed by atoms with Crippen LogP contribution in [-0.2, 0) is 9.47 Å². The van der Waals surface area contributed by atoms with Gasteiger partial charge in [-0.2, -0.15) is 0 Å². The third-order valence-electron chi connectivity index (χ3n) is 2.77. The molecular formula is C13H25N3O2. The van der Waals surface area contributed by atoms with Gasteiger partial charge in [0.15, 0.2) is 5.96 Å². The van der Waals surface area contributed by atoms with Gasteiger partial charge >= 0.3 is 0 Å². The molecule has 1 aliphatic rings. The predicted octanol–water partition coefficient (Wildman–Crippen LogP) is 0.781. The van der Waals surface area contributed by atoms with E-state index in [0.717, 1.165) is 58.3 Å². The molecule has 18 heavy (non-hydrogen) atoms. The first-order valence-corrected chi connectivity index (χ1v) is 6.57. The van der Waals surface area contributed by atoms with Crippen molar-refractivity contribution in [2.45, 2.75) is 12.8 Å². The highest BCUT2D eigenvalue weighted by Gasteiger charge is 2.14. The third kappa shape index (κ3) is 6.61. The molecule has 1 fully saturated rings. The van der Waals surface area contributed by atoms with Gasteiger partial charge in [0.05, 0.1) is 13.2 Å². The van der Waals surface area contributed by atoms with Crippen molar-refractivity contribution in [3.05, 3.63) is 12.7 Å². The van der Waals surface area contributed by atoms with Gasteiger partial charge in [-0.3, -0.25) is 4.99 Å². The highest BCUT2D eigenvalue weighted by molar-refractivity contribution is 5.79. The molecule has 1 rings (SSSR count). The highest BCUT2D eigenvalue weighted by Crippen LogP contribution is 2.12. The molecule has 0 amide bonds. The van der Waals surface area contributed by atoms with Crippen LogP contribution in [0, 0.1) is 5.92 Å². The molecule has 5 nitrogen and oxygen atoms in total. The highest BCUT2D eigenvalue weighted by atomic mass is 16.5. The molecule has 104 valence electrons. The molecule has 5 heteroatoms. The fourth-order valence-corrected chi connectivity index (χ4v) is 1.74. The second-order valence-corrected chi connectivity index (χ2v) is 4.33. The van der Waals surface area contributed by atoms with E-state index in [1.807, 2.05) is 0 Å². The van der Waals surface area contributed by atoms with E-state index in [9.17, 15) is 0 Å². The number of ether oxygens (including phenoxy) is 2. The predicted molar refractivity (Wildman–Crippen MR) is 73.9 cm³/mol. The van der Waals surface area contributed by atoms with Gasteiger partial charge in [0.1, 0.15) is 0 Å². The molecule has 0 bridgehead atoms. The summed E-state index contributed by atoms with van der Waals surface area (Å²) in [6, 6.07) is 0. The van der Waals surface area contributed by atoms with E-state index in [0.29, 0.717) is 5.92 Å². The van der Waals surface area contributed by atoms with E-state index in [1.165, 1.54) is 0 Å². The quantitative estimate of drug-likeness (QED) is 0.291. The van der Waals surface area contributed by atoms with Crippen LogP contribution >= 0.6 is 0 Å². The lowest BCUT2D eigenvalue weighted by molar-refractivity contribution is 0.0888. The van der Waals surface area contributed by atoms with Gasteiger partial charge < -0.3 is 20.1 Å². The van der Waals surface area contributed by atoms with E-state index >= 15 is 0 Å². The van der Waals surface area contributed by atoms with Gasteiger partial charge in [-0.25, -0.2) is 0 Å². The summed E-state index contributed by atoms with van der Waals surface area (Å²) < 4.78 is 10.9. The minimum atomic E-state index is 0.597. The molecule has 1 heterocycles. The SMILES string of the molecule is C=CCNC(=NC)NCCCOCC1CCOC1. The normalized spacial score (nSPS) is 19.8. The van der Waals surface area contributed by atoms with Crippen molar-refractivity contribution in [2.24, 2.45) is 10.9 Å². The maximum atomic E-state index is 5.62. The van der Waals surface area contributed by atoms with Gasteiger partial charge in [-0.1, -0.05) is 6.08 Å². The van der Waals surface area contributed by atoms with Crippen LogP contribution in [0.3, 0.4) is 0 Å². The fraction of sp³-hybridized carbons (Fsp3) is 0.769. The first kappa shape index (κ1) is 15.0. The van der Waals surface area contributed by atoms with E-state index in [1.54, 1.807) is 13.1 Å². The van der Waals surface area contributed by atoms with Crippen molar-refractivity contribution in [1.29, 1.82) is 0 Å². The van der Waals surface area contributed by atoms with Crippen LogP contribution in [0.1, 0.15) is 12.8 Å². The van der Waals surface area contributed by atoms with Crippen LogP contribution in [0.2, 0.25) is 0 Å². The Bertz CT molecular complexity index is 251. The number of aliphatic imine (C=N–C) groups is 1. The minimum Gasteiger partial charge on any atom is -0.381 e. The molecule has 0 aromatic heterocycles. The fourth-order valence-electron chi connectivity index (χ4n) is 1.74. The monoisotopic (exact) mass is 255 g/mol. The molecule has 0 spiro atoms. The van der Waals surface area contributed by atoms with Crippen molar-refractivity contribution in [3.63, 3.8) is 0 Å². The Kier molecular flexibility index (Phi) is 8.25. The Morgan fingerprint density at radius 1 is 1.56 bits per heavy atom. The number of nitrogens with one attached hydrogen (secondary N) is 2. The topological polar surface area (TPSA) is 54.9 Å². The number of rotatable bonds is 8. The second-order valence-electron chi connectivity index (χ2n) is 4.33. The van der Waals surface area contributed by atoms with Gasteiger partial charge in [-0.05, 0) is 12.8 Å². The standard InChI is InChI=1S/C13H25N3O2/c1-3-6-15-13(14-2)16-7-4-8-17-10-12-5-9-18-11-12/h3,12H,1,4-11H2,2H3,(H2,14,15,16). The van der Waals surface area contributed by atoms with Gasteiger partial charge in [0.2, 0.25) is 0 Å². The van der Waals surface area contributed by atoms with Crippen LogP contribution in [0.4, 0.5) is 0 Å². The second kappa shape index (κ2) is 9.91. The third-order valence-corrected chi connectivity index (χ3v) is 2.77. The van der Waals surface area contributed by atoms with Crippen molar-refractivity contribution in [3.8, 4) is 0 Å². The summed E-state index contributed by atoms with van der Waals surface area (Å²) in [5.41, 5.74) is 0. The minimum absolute atomic E-state index is 0.597. The van der Waals surface area contributed by atoms with E-state index < -0.39 is 0 Å². The van der Waals surface area contributed by atoms with Gasteiger partial charge in [0.25, 0.3) is 0 Å². The van der Waals surface area contributed by atoms with E-state index in [2.05, 4.69) is 22.2 Å². The van der Waals surface area contributed by atoms with Gasteiger partial charge in [0, 0.05) is 39.3 Å². The molecule has 1 atom stereocenters. The summed E-state index contributed by atoms with van der Waals surface area (Å²) in [6.07, 6.45) is 3.92. The van der Waals surface area contributed by atoms with E-state index in [-0.39, 0.29) is 0 Å². The average molecular weight is 255 g/mol. The average Bonchev–Trinajstić information content (AvgIpc) is 2.90. The number of nitrogens with zero attached hydrogens (tertiary/aromatic N) is 1. The first-order chi connectivity index (χ1) is 8.86. The lowest BCUT2D eigenvalue weighted by Gasteiger charge is -2.11. The summed E-state index contributed by atoms with van der Waals surface area (Å²) >= 11 is 0. The number of hydrogen-bond acceptors (Lipinski definition) is 3. The first-order valence-electron chi connectivity index (χ1n) is 6.57. The maximum absolute atomic E-state index is 5.62. The molecule has 1 unspecified atom stereocenters. The van der Waals surface area contributed by atoms with Crippen LogP contribution in [0.15, 0.2) is 17.6 Å². The molecule has 1 aliphatic heterocycles. The van der Waals surface area contributed by atoms with Crippen LogP contribution < -0.4 is 10.6 Å². The zero-order valence-electron chi connectivity index (χ0n) is 11.3. The smallest absolute Gasteiger partial charge is 0.191 e. The molecule has 0 aromatic carbocycles. The summed E-state index contributed by atoms with van der Waals surface area (Å²) in [6.45, 7) is 8.58. The zero-order chi connectivity index (χ0) is 13.1. The van der Waals surface area contributed by atoms with Crippen molar-refractivity contribution in [1.82, 2.24) is 10.6 Å². The molecule has 0 aliphatic carbocycles. The van der Waals surface area contributed by atoms with E-state index in [4.69, 9.17) is 9.47 Å².